The van der Waals surface area contributed by atoms with E-state index in [4.69, 9.17) is 15.6 Å². The molecule has 26 heavy (non-hydrogen) atoms. The number of aliphatic hydroxyl groups excluding tert-OH is 1. The Kier molecular flexibility index (Phi) is 9.98. The van der Waals surface area contributed by atoms with E-state index in [1.165, 1.54) is 23.1 Å². The molecule has 0 amide bonds. The highest BCUT2D eigenvalue weighted by Crippen LogP contribution is 2.30. The maximum atomic E-state index is 8.98. The van der Waals surface area contributed by atoms with Gasteiger partial charge in [-0.05, 0) is 80.0 Å². The molecular formula is C23H37NO2. The highest BCUT2D eigenvalue weighted by atomic mass is 16.5. The third-order valence-corrected chi connectivity index (χ3v) is 5.46. The molecule has 0 bridgehead atoms. The zero-order chi connectivity index (χ0) is 18.6. The molecule has 0 fully saturated rings. The van der Waals surface area contributed by atoms with E-state index in [-0.39, 0.29) is 6.61 Å². The van der Waals surface area contributed by atoms with E-state index in [0.29, 0.717) is 18.4 Å². The first-order valence-corrected chi connectivity index (χ1v) is 10.4. The fourth-order valence-corrected chi connectivity index (χ4v) is 3.86. The molecule has 1 aliphatic rings. The summed E-state index contributed by atoms with van der Waals surface area (Å²) in [6, 6.07) is 6.97. The van der Waals surface area contributed by atoms with Crippen LogP contribution < -0.4 is 5.73 Å². The molecule has 1 aromatic carbocycles. The van der Waals surface area contributed by atoms with Crippen molar-refractivity contribution in [1.82, 2.24) is 0 Å². The van der Waals surface area contributed by atoms with Gasteiger partial charge in [0.05, 0.1) is 6.61 Å². The summed E-state index contributed by atoms with van der Waals surface area (Å²) in [6.45, 7) is 4.85. The van der Waals surface area contributed by atoms with Crippen molar-refractivity contribution in [2.24, 2.45) is 11.7 Å². The Morgan fingerprint density at radius 1 is 1.27 bits per heavy atom. The molecule has 1 aliphatic carbocycles. The number of aliphatic hydroxyl groups is 1. The molecular weight excluding hydrogens is 322 g/mol. The standard InChI is InChI=1S/C23H37NO2/c1-2-3-4-7-14-26-18-19-9-10-21-16-22(12-11-20(21)15-19)23(17-24)8-5-6-13-25/h3-4,11-12,16,19,23,25H,2,5-10,13-15,17-18,24H2,1H3/b4-3-/t19-,23+/m1/s1. The van der Waals surface area contributed by atoms with Crippen LogP contribution in [0, 0.1) is 5.92 Å². The van der Waals surface area contributed by atoms with E-state index < -0.39 is 0 Å². The van der Waals surface area contributed by atoms with Gasteiger partial charge in [-0.1, -0.05) is 43.7 Å². The Hall–Kier alpha value is -1.16. The van der Waals surface area contributed by atoms with Crippen molar-refractivity contribution >= 4 is 0 Å². The molecule has 3 heteroatoms. The van der Waals surface area contributed by atoms with Gasteiger partial charge in [-0.2, -0.15) is 0 Å². The predicted octanol–water partition coefficient (Wildman–Crippen LogP) is 4.37. The molecule has 0 saturated carbocycles. The van der Waals surface area contributed by atoms with Crippen molar-refractivity contribution in [1.29, 1.82) is 0 Å². The van der Waals surface area contributed by atoms with Crippen LogP contribution in [0.4, 0.5) is 0 Å². The molecule has 0 radical (unpaired) electrons. The lowest BCUT2D eigenvalue weighted by Crippen LogP contribution is -2.20. The lowest BCUT2D eigenvalue weighted by atomic mass is 9.81. The summed E-state index contributed by atoms with van der Waals surface area (Å²) in [5.41, 5.74) is 10.4. The topological polar surface area (TPSA) is 55.5 Å². The third kappa shape index (κ3) is 6.86. The highest BCUT2D eigenvalue weighted by Gasteiger charge is 2.20. The number of benzene rings is 1. The Morgan fingerprint density at radius 3 is 2.92 bits per heavy atom. The largest absolute Gasteiger partial charge is 0.396 e. The summed E-state index contributed by atoms with van der Waals surface area (Å²) in [4.78, 5) is 0. The second kappa shape index (κ2) is 12.3. The van der Waals surface area contributed by atoms with Crippen LogP contribution in [0.15, 0.2) is 30.4 Å². The molecule has 2 rings (SSSR count). The lowest BCUT2D eigenvalue weighted by Gasteiger charge is -2.26. The number of allylic oxidation sites excluding steroid dienone is 1. The first-order chi connectivity index (χ1) is 12.8. The van der Waals surface area contributed by atoms with E-state index >= 15 is 0 Å². The number of rotatable bonds is 12. The molecule has 146 valence electrons. The van der Waals surface area contributed by atoms with Gasteiger partial charge in [-0.3, -0.25) is 0 Å². The molecule has 0 saturated heterocycles. The number of nitrogens with two attached hydrogens (primary N) is 1. The van der Waals surface area contributed by atoms with Gasteiger partial charge in [0.1, 0.15) is 0 Å². The normalized spacial score (nSPS) is 18.2. The Labute approximate surface area is 159 Å². The van der Waals surface area contributed by atoms with E-state index in [9.17, 15) is 0 Å². The lowest BCUT2D eigenvalue weighted by molar-refractivity contribution is 0.0978. The maximum absolute atomic E-state index is 8.98. The van der Waals surface area contributed by atoms with E-state index in [1.807, 2.05) is 0 Å². The summed E-state index contributed by atoms with van der Waals surface area (Å²) >= 11 is 0. The van der Waals surface area contributed by atoms with Crippen LogP contribution in [-0.2, 0) is 17.6 Å². The van der Waals surface area contributed by atoms with Crippen LogP contribution in [0.25, 0.3) is 0 Å². The monoisotopic (exact) mass is 359 g/mol. The first-order valence-electron chi connectivity index (χ1n) is 10.4. The van der Waals surface area contributed by atoms with E-state index in [1.54, 1.807) is 0 Å². The first kappa shape index (κ1) is 21.1. The molecule has 0 aromatic heterocycles. The second-order valence-corrected chi connectivity index (χ2v) is 7.53. The third-order valence-electron chi connectivity index (χ3n) is 5.46. The summed E-state index contributed by atoms with van der Waals surface area (Å²) in [7, 11) is 0. The minimum atomic E-state index is 0.278. The number of aryl methyl sites for hydroxylation is 1. The Bertz CT molecular complexity index is 541. The maximum Gasteiger partial charge on any atom is 0.0500 e. The summed E-state index contributed by atoms with van der Waals surface area (Å²) < 4.78 is 5.88. The van der Waals surface area contributed by atoms with Gasteiger partial charge >= 0.3 is 0 Å². The summed E-state index contributed by atoms with van der Waals surface area (Å²) in [5.74, 6) is 1.07. The van der Waals surface area contributed by atoms with Gasteiger partial charge in [-0.15, -0.1) is 0 Å². The average Bonchev–Trinajstić information content (AvgIpc) is 2.67. The highest BCUT2D eigenvalue weighted by molar-refractivity contribution is 5.36. The fourth-order valence-electron chi connectivity index (χ4n) is 3.86. The van der Waals surface area contributed by atoms with Crippen LogP contribution in [0.3, 0.4) is 0 Å². The second-order valence-electron chi connectivity index (χ2n) is 7.53. The van der Waals surface area contributed by atoms with Crippen LogP contribution in [0.2, 0.25) is 0 Å². The number of unbranched alkanes of at least 4 members (excludes halogenated alkanes) is 1. The van der Waals surface area contributed by atoms with Gasteiger partial charge in [-0.25, -0.2) is 0 Å². The van der Waals surface area contributed by atoms with Crippen molar-refractivity contribution in [2.45, 2.75) is 64.2 Å². The van der Waals surface area contributed by atoms with Crippen LogP contribution in [0.1, 0.15) is 68.1 Å². The minimum absolute atomic E-state index is 0.278. The quantitative estimate of drug-likeness (QED) is 0.430. The molecule has 1 aromatic rings. The van der Waals surface area contributed by atoms with Gasteiger partial charge in [0.25, 0.3) is 0 Å². The Morgan fingerprint density at radius 2 is 2.15 bits per heavy atom. The fraction of sp³-hybridized carbons (Fsp3) is 0.652. The average molecular weight is 360 g/mol. The smallest absolute Gasteiger partial charge is 0.0500 e. The molecule has 0 spiro atoms. The van der Waals surface area contributed by atoms with Gasteiger partial charge in [0.2, 0.25) is 0 Å². The summed E-state index contributed by atoms with van der Waals surface area (Å²) in [6.07, 6.45) is 13.0. The van der Waals surface area contributed by atoms with Crippen molar-refractivity contribution < 1.29 is 9.84 Å². The van der Waals surface area contributed by atoms with Gasteiger partial charge < -0.3 is 15.6 Å². The molecule has 2 atom stereocenters. The van der Waals surface area contributed by atoms with Crippen molar-refractivity contribution in [2.75, 3.05) is 26.4 Å². The zero-order valence-corrected chi connectivity index (χ0v) is 16.5. The predicted molar refractivity (Wildman–Crippen MR) is 110 cm³/mol. The minimum Gasteiger partial charge on any atom is -0.396 e. The van der Waals surface area contributed by atoms with Crippen molar-refractivity contribution in [3.63, 3.8) is 0 Å². The number of fused-ring (bicyclic) bond motifs is 1. The zero-order valence-electron chi connectivity index (χ0n) is 16.5. The number of hydrogen-bond acceptors (Lipinski definition) is 3. The number of hydrogen-bond donors (Lipinski definition) is 2. The molecule has 0 unspecified atom stereocenters. The van der Waals surface area contributed by atoms with E-state index in [0.717, 1.165) is 58.2 Å². The van der Waals surface area contributed by atoms with Crippen molar-refractivity contribution in [3.05, 3.63) is 47.0 Å². The molecule has 0 heterocycles. The van der Waals surface area contributed by atoms with Crippen LogP contribution >= 0.6 is 0 Å². The van der Waals surface area contributed by atoms with Crippen LogP contribution in [0.5, 0.6) is 0 Å². The molecule has 3 nitrogen and oxygen atoms in total. The van der Waals surface area contributed by atoms with Crippen molar-refractivity contribution in [3.8, 4) is 0 Å². The van der Waals surface area contributed by atoms with Gasteiger partial charge in [0, 0.05) is 13.2 Å². The molecule has 0 aliphatic heterocycles. The van der Waals surface area contributed by atoms with E-state index in [2.05, 4.69) is 37.3 Å². The molecule has 3 N–H and O–H groups in total. The van der Waals surface area contributed by atoms with Crippen LogP contribution in [-0.4, -0.2) is 31.5 Å². The Balaban J connectivity index is 1.83. The van der Waals surface area contributed by atoms with Gasteiger partial charge in [0.15, 0.2) is 0 Å². The number of ether oxygens (including phenoxy) is 1. The summed E-state index contributed by atoms with van der Waals surface area (Å²) in [5, 5.41) is 8.98. The SMILES string of the molecule is CC/C=C\CCOC[C@@H]1CCc2cc([C@H](CN)CCCCO)ccc2C1.